The van der Waals surface area contributed by atoms with Gasteiger partial charge in [-0.1, -0.05) is 26.3 Å². The van der Waals surface area contributed by atoms with Crippen molar-refractivity contribution in [3.8, 4) is 0 Å². The first-order valence-corrected chi connectivity index (χ1v) is 12.5. The molecule has 15 heteroatoms. The molecule has 0 saturated carbocycles. The number of esters is 6. The van der Waals surface area contributed by atoms with Crippen LogP contribution in [0.25, 0.3) is 0 Å². The highest BCUT2D eigenvalue weighted by Crippen LogP contribution is 2.26. The lowest BCUT2D eigenvalue weighted by atomic mass is 9.90. The molecule has 0 rings (SSSR count). The van der Waals surface area contributed by atoms with Crippen molar-refractivity contribution in [2.24, 2.45) is 10.8 Å². The van der Waals surface area contributed by atoms with Crippen LogP contribution < -0.4 is 0 Å². The van der Waals surface area contributed by atoms with E-state index in [1.807, 2.05) is 0 Å². The van der Waals surface area contributed by atoms with E-state index >= 15 is 0 Å². The number of carbonyl (C=O) groups excluding carboxylic acids is 6. The highest BCUT2D eigenvalue weighted by Gasteiger charge is 2.40. The summed E-state index contributed by atoms with van der Waals surface area (Å²) in [7, 11) is 0. The van der Waals surface area contributed by atoms with Gasteiger partial charge in [0.25, 0.3) is 0 Å². The Balaban J connectivity index is 6.29. The average Bonchev–Trinajstić information content (AvgIpc) is 2.99. The Morgan fingerprint density at radius 1 is 0.535 bits per heavy atom. The Morgan fingerprint density at radius 2 is 0.860 bits per heavy atom. The van der Waals surface area contributed by atoms with Crippen molar-refractivity contribution in [3.05, 3.63) is 50.6 Å². The second kappa shape index (κ2) is 20.1. The fourth-order valence-electron chi connectivity index (χ4n) is 2.89. The van der Waals surface area contributed by atoms with E-state index in [2.05, 4.69) is 26.3 Å². The van der Waals surface area contributed by atoms with Crippen molar-refractivity contribution in [2.45, 2.75) is 19.8 Å². The average molecular weight is 613 g/mol. The van der Waals surface area contributed by atoms with Crippen LogP contribution in [0.5, 0.6) is 0 Å². The number of carboxylic acids is 1. The van der Waals surface area contributed by atoms with E-state index < -0.39 is 118 Å². The Labute approximate surface area is 248 Å². The molecule has 0 amide bonds. The van der Waals surface area contributed by atoms with Crippen molar-refractivity contribution < 1.29 is 71.8 Å². The molecule has 0 aliphatic rings. The van der Waals surface area contributed by atoms with Crippen molar-refractivity contribution in [1.29, 1.82) is 0 Å². The lowest BCUT2D eigenvalue weighted by Gasteiger charge is -2.35. The van der Waals surface area contributed by atoms with Crippen LogP contribution in [-0.4, -0.2) is 99.7 Å². The van der Waals surface area contributed by atoms with Gasteiger partial charge in [0.15, 0.2) is 0 Å². The maximum Gasteiger partial charge on any atom is 0.330 e. The van der Waals surface area contributed by atoms with Crippen LogP contribution in [0, 0.1) is 10.8 Å². The Hall–Kier alpha value is -4.79. The van der Waals surface area contributed by atoms with Crippen LogP contribution in [0.4, 0.5) is 0 Å². The second-order valence-corrected chi connectivity index (χ2v) is 9.07. The van der Waals surface area contributed by atoms with E-state index in [4.69, 9.17) is 38.3 Å². The third-order valence-corrected chi connectivity index (χ3v) is 5.23. The van der Waals surface area contributed by atoms with Crippen molar-refractivity contribution >= 4 is 41.8 Å². The quantitative estimate of drug-likeness (QED) is 0.0965. The first kappa shape index (κ1) is 38.2. The molecule has 0 unspecified atom stereocenters. The lowest BCUT2D eigenvalue weighted by molar-refractivity contribution is -0.171. The third kappa shape index (κ3) is 16.9. The van der Waals surface area contributed by atoms with Gasteiger partial charge in [0, 0.05) is 31.2 Å². The van der Waals surface area contributed by atoms with E-state index in [0.29, 0.717) is 0 Å². The zero-order chi connectivity index (χ0) is 32.9. The standard InChI is InChI=1S/C28H36O15/c1-6-22(32)39-15-27(14-38-20(5)29,16-40-23(33)7-2)12-37-13-28(17-41-24(34)8-3,18-42-25(35)9-4)19-43-26(36)11-10-21(30)31/h6-9H,1-4,10-19H2,5H3,(H,30,31). The number of hydrogen-bond acceptors (Lipinski definition) is 14. The smallest absolute Gasteiger partial charge is 0.330 e. The van der Waals surface area contributed by atoms with Crippen molar-refractivity contribution in [3.63, 3.8) is 0 Å². The maximum absolute atomic E-state index is 12.2. The van der Waals surface area contributed by atoms with E-state index in [1.54, 1.807) is 0 Å². The second-order valence-electron chi connectivity index (χ2n) is 9.07. The molecule has 0 radical (unpaired) electrons. The van der Waals surface area contributed by atoms with Crippen LogP contribution in [0.2, 0.25) is 0 Å². The highest BCUT2D eigenvalue weighted by molar-refractivity contribution is 5.82. The third-order valence-electron chi connectivity index (χ3n) is 5.23. The molecule has 43 heavy (non-hydrogen) atoms. The lowest BCUT2D eigenvalue weighted by Crippen LogP contribution is -2.47. The predicted molar refractivity (Wildman–Crippen MR) is 145 cm³/mol. The molecule has 0 aliphatic carbocycles. The zero-order valence-electron chi connectivity index (χ0n) is 23.9. The number of carboxylic acid groups (broad SMARTS) is 1. The van der Waals surface area contributed by atoms with Gasteiger partial charge in [-0.3, -0.25) is 14.4 Å². The number of rotatable bonds is 23. The van der Waals surface area contributed by atoms with Gasteiger partial charge in [-0.15, -0.1) is 0 Å². The molecule has 0 aliphatic heterocycles. The van der Waals surface area contributed by atoms with Crippen LogP contribution in [-0.2, 0) is 66.7 Å². The molecule has 0 spiro atoms. The summed E-state index contributed by atoms with van der Waals surface area (Å²) >= 11 is 0. The molecule has 0 aromatic carbocycles. The normalized spacial score (nSPS) is 10.7. The predicted octanol–water partition coefficient (Wildman–Crippen LogP) is 0.864. The minimum atomic E-state index is -1.58. The summed E-state index contributed by atoms with van der Waals surface area (Å²) in [5.74, 6) is -6.35. The summed E-state index contributed by atoms with van der Waals surface area (Å²) in [6, 6.07) is 0. The van der Waals surface area contributed by atoms with Gasteiger partial charge in [-0.25, -0.2) is 19.2 Å². The van der Waals surface area contributed by atoms with Gasteiger partial charge in [-0.05, 0) is 0 Å². The Kier molecular flexibility index (Phi) is 17.9. The van der Waals surface area contributed by atoms with Crippen LogP contribution >= 0.6 is 0 Å². The first-order valence-electron chi connectivity index (χ1n) is 12.5. The molecule has 0 saturated heterocycles. The Bertz CT molecular complexity index is 1010. The monoisotopic (exact) mass is 612 g/mol. The molecule has 238 valence electrons. The van der Waals surface area contributed by atoms with E-state index in [0.717, 1.165) is 31.2 Å². The summed E-state index contributed by atoms with van der Waals surface area (Å²) in [5.41, 5.74) is -3.08. The summed E-state index contributed by atoms with van der Waals surface area (Å²) in [6.07, 6.45) is 2.45. The molecule has 0 aromatic heterocycles. The van der Waals surface area contributed by atoms with Crippen LogP contribution in [0.3, 0.4) is 0 Å². The summed E-state index contributed by atoms with van der Waals surface area (Å²) < 4.78 is 36.7. The van der Waals surface area contributed by atoms with E-state index in [9.17, 15) is 33.6 Å². The number of ether oxygens (including phenoxy) is 7. The largest absolute Gasteiger partial charge is 0.481 e. The molecular weight excluding hydrogens is 576 g/mol. The van der Waals surface area contributed by atoms with Crippen molar-refractivity contribution in [1.82, 2.24) is 0 Å². The van der Waals surface area contributed by atoms with Gasteiger partial charge in [0.05, 0.1) is 36.9 Å². The van der Waals surface area contributed by atoms with Gasteiger partial charge in [0.1, 0.15) is 39.6 Å². The molecule has 0 aromatic rings. The fourth-order valence-corrected chi connectivity index (χ4v) is 2.89. The van der Waals surface area contributed by atoms with Gasteiger partial charge in [0.2, 0.25) is 0 Å². The van der Waals surface area contributed by atoms with Crippen molar-refractivity contribution in [2.75, 3.05) is 52.9 Å². The van der Waals surface area contributed by atoms with Gasteiger partial charge >= 0.3 is 41.8 Å². The highest BCUT2D eigenvalue weighted by atomic mass is 16.6. The molecule has 15 nitrogen and oxygen atoms in total. The van der Waals surface area contributed by atoms with Crippen LogP contribution in [0.15, 0.2) is 50.6 Å². The van der Waals surface area contributed by atoms with Gasteiger partial charge < -0.3 is 38.3 Å². The van der Waals surface area contributed by atoms with E-state index in [-0.39, 0.29) is 0 Å². The molecular formula is C28H36O15. The molecule has 0 fully saturated rings. The minimum Gasteiger partial charge on any atom is -0.481 e. The topological polar surface area (TPSA) is 204 Å². The summed E-state index contributed by atoms with van der Waals surface area (Å²) in [5, 5.41) is 8.83. The Morgan fingerprint density at radius 3 is 1.16 bits per heavy atom. The van der Waals surface area contributed by atoms with Crippen LogP contribution in [0.1, 0.15) is 19.8 Å². The molecule has 1 N–H and O–H groups in total. The molecule has 0 bridgehead atoms. The molecule has 0 heterocycles. The molecule has 0 atom stereocenters. The number of hydrogen-bond donors (Lipinski definition) is 1. The minimum absolute atomic E-state index is 0.450. The fraction of sp³-hybridized carbons (Fsp3) is 0.464. The maximum atomic E-state index is 12.2. The first-order chi connectivity index (χ1) is 20.3. The SMILES string of the molecule is C=CC(=O)OCC(COCC(COC(=O)C=C)(COC(=O)C=C)COC(=O)CCC(=O)O)(COC(C)=O)COC(=O)C=C. The summed E-state index contributed by atoms with van der Waals surface area (Å²) in [4.78, 5) is 82.0. The zero-order valence-corrected chi connectivity index (χ0v) is 23.9. The van der Waals surface area contributed by atoms with E-state index in [1.165, 1.54) is 0 Å². The summed E-state index contributed by atoms with van der Waals surface area (Å²) in [6.45, 7) is 10.2. The number of carbonyl (C=O) groups is 7. The van der Waals surface area contributed by atoms with Gasteiger partial charge in [-0.2, -0.15) is 0 Å². The number of aliphatic carboxylic acids is 1.